The zero-order valence-electron chi connectivity index (χ0n) is 11.2. The first kappa shape index (κ1) is 15.0. The van der Waals surface area contributed by atoms with Crippen LogP contribution < -0.4 is 11.1 Å². The van der Waals surface area contributed by atoms with E-state index >= 15 is 0 Å². The Morgan fingerprint density at radius 2 is 2.10 bits per heavy atom. The molecule has 0 radical (unpaired) electrons. The lowest BCUT2D eigenvalue weighted by Crippen LogP contribution is -2.52. The molecule has 1 aliphatic heterocycles. The van der Waals surface area contributed by atoms with Crippen molar-refractivity contribution in [3.8, 4) is 0 Å². The second kappa shape index (κ2) is 5.90. The van der Waals surface area contributed by atoms with Crippen LogP contribution in [0.5, 0.6) is 0 Å². The maximum absolute atomic E-state index is 12.3. The van der Waals surface area contributed by atoms with E-state index in [0.29, 0.717) is 11.7 Å². The highest BCUT2D eigenvalue weighted by molar-refractivity contribution is 8.00. The Labute approximate surface area is 121 Å². The second-order valence-electron chi connectivity index (χ2n) is 5.34. The average molecular weight is 301 g/mol. The van der Waals surface area contributed by atoms with Gasteiger partial charge in [-0.1, -0.05) is 0 Å². The van der Waals surface area contributed by atoms with Gasteiger partial charge in [-0.15, -0.1) is 11.8 Å². The molecule has 1 heterocycles. The van der Waals surface area contributed by atoms with E-state index in [0.717, 1.165) is 12.8 Å². The molecule has 2 aliphatic rings. The number of thioether (sulfide) groups is 1. The molecule has 2 rings (SSSR count). The molecule has 0 aromatic rings. The molecule has 20 heavy (non-hydrogen) atoms. The zero-order valence-corrected chi connectivity index (χ0v) is 12.1. The van der Waals surface area contributed by atoms with Crippen molar-refractivity contribution in [1.29, 1.82) is 0 Å². The van der Waals surface area contributed by atoms with Crippen LogP contribution in [0.1, 0.15) is 26.2 Å². The number of primary amides is 1. The van der Waals surface area contributed by atoms with Crippen LogP contribution in [0, 0.1) is 5.92 Å². The van der Waals surface area contributed by atoms with E-state index in [4.69, 9.17) is 5.73 Å². The van der Waals surface area contributed by atoms with Gasteiger partial charge in [0.2, 0.25) is 5.91 Å². The van der Waals surface area contributed by atoms with Crippen LogP contribution in [0.4, 0.5) is 4.79 Å². The van der Waals surface area contributed by atoms with Crippen LogP contribution in [0.25, 0.3) is 0 Å². The van der Waals surface area contributed by atoms with Crippen LogP contribution >= 0.6 is 11.8 Å². The summed E-state index contributed by atoms with van der Waals surface area (Å²) in [6.45, 7) is 1.67. The molecule has 0 bridgehead atoms. The number of aliphatic carboxylic acids is 1. The van der Waals surface area contributed by atoms with Gasteiger partial charge in [-0.3, -0.25) is 9.69 Å². The zero-order chi connectivity index (χ0) is 14.9. The first-order chi connectivity index (χ1) is 9.40. The van der Waals surface area contributed by atoms with E-state index in [1.807, 2.05) is 0 Å². The molecule has 0 spiro atoms. The van der Waals surface area contributed by atoms with E-state index in [-0.39, 0.29) is 11.8 Å². The molecule has 8 heteroatoms. The molecule has 3 unspecified atom stereocenters. The molecule has 7 nitrogen and oxygen atoms in total. The van der Waals surface area contributed by atoms with Crippen LogP contribution in [-0.4, -0.2) is 51.1 Å². The molecule has 0 aromatic heterocycles. The normalized spacial score (nSPS) is 27.1. The fraction of sp³-hybridized carbons (Fsp3) is 0.750. The number of carboxylic acids is 1. The molecular weight excluding hydrogens is 282 g/mol. The van der Waals surface area contributed by atoms with Gasteiger partial charge >= 0.3 is 12.0 Å². The SMILES string of the molecule is CC(CC(N)=O)NC(=O)N1C(C(=O)O)CSC1C1CC1. The Hall–Kier alpha value is -1.44. The monoisotopic (exact) mass is 301 g/mol. The summed E-state index contributed by atoms with van der Waals surface area (Å²) in [4.78, 5) is 35.8. The van der Waals surface area contributed by atoms with E-state index in [1.165, 1.54) is 16.7 Å². The van der Waals surface area contributed by atoms with Gasteiger partial charge in [0.25, 0.3) is 0 Å². The summed E-state index contributed by atoms with van der Waals surface area (Å²) in [7, 11) is 0. The number of rotatable bonds is 5. The van der Waals surface area contributed by atoms with E-state index in [2.05, 4.69) is 5.32 Å². The van der Waals surface area contributed by atoms with E-state index in [9.17, 15) is 19.5 Å². The molecule has 3 amide bonds. The minimum atomic E-state index is -0.988. The number of hydrogen-bond donors (Lipinski definition) is 3. The summed E-state index contributed by atoms with van der Waals surface area (Å²) in [6, 6.07) is -1.63. The highest BCUT2D eigenvalue weighted by Crippen LogP contribution is 2.45. The predicted octanol–water partition coefficient (Wildman–Crippen LogP) is 0.198. The largest absolute Gasteiger partial charge is 0.480 e. The van der Waals surface area contributed by atoms with Crippen molar-refractivity contribution in [2.75, 3.05) is 5.75 Å². The number of carbonyl (C=O) groups excluding carboxylic acids is 2. The Morgan fingerprint density at radius 1 is 1.45 bits per heavy atom. The molecule has 1 saturated heterocycles. The summed E-state index contributed by atoms with van der Waals surface area (Å²) >= 11 is 1.52. The van der Waals surface area contributed by atoms with Crippen molar-refractivity contribution in [3.05, 3.63) is 0 Å². The fourth-order valence-electron chi connectivity index (χ4n) is 2.36. The van der Waals surface area contributed by atoms with Gasteiger partial charge in [-0.2, -0.15) is 0 Å². The molecule has 2 fully saturated rings. The van der Waals surface area contributed by atoms with Gasteiger partial charge in [0, 0.05) is 18.2 Å². The van der Waals surface area contributed by atoms with Crippen molar-refractivity contribution in [1.82, 2.24) is 10.2 Å². The standard InChI is InChI=1S/C12H19N3O4S/c1-6(4-9(13)16)14-12(19)15-8(11(17)18)5-20-10(15)7-2-3-7/h6-8,10H,2-5H2,1H3,(H2,13,16)(H,14,19)(H,17,18). The van der Waals surface area contributed by atoms with Crippen LogP contribution in [0.2, 0.25) is 0 Å². The Kier molecular flexibility index (Phi) is 4.42. The fourth-order valence-corrected chi connectivity index (χ4v) is 3.99. The highest BCUT2D eigenvalue weighted by Gasteiger charge is 2.48. The first-order valence-electron chi connectivity index (χ1n) is 6.61. The quantitative estimate of drug-likeness (QED) is 0.671. The van der Waals surface area contributed by atoms with Crippen LogP contribution in [0.15, 0.2) is 0 Å². The van der Waals surface area contributed by atoms with Gasteiger partial charge in [-0.05, 0) is 25.7 Å². The lowest BCUT2D eigenvalue weighted by molar-refractivity contribution is -0.141. The lowest BCUT2D eigenvalue weighted by atomic mass is 10.2. The molecular formula is C12H19N3O4S. The number of nitrogens with two attached hydrogens (primary N) is 1. The molecule has 112 valence electrons. The van der Waals surface area contributed by atoms with Crippen molar-refractivity contribution in [2.45, 2.75) is 43.6 Å². The number of nitrogens with zero attached hydrogens (tertiary/aromatic N) is 1. The first-order valence-corrected chi connectivity index (χ1v) is 7.66. The van der Waals surface area contributed by atoms with E-state index < -0.39 is 30.0 Å². The number of amides is 3. The third kappa shape index (κ3) is 3.36. The number of nitrogens with one attached hydrogen (secondary N) is 1. The number of hydrogen-bond acceptors (Lipinski definition) is 4. The minimum Gasteiger partial charge on any atom is -0.480 e. The van der Waals surface area contributed by atoms with Crippen molar-refractivity contribution >= 4 is 29.7 Å². The van der Waals surface area contributed by atoms with Crippen molar-refractivity contribution in [2.24, 2.45) is 11.7 Å². The summed E-state index contributed by atoms with van der Waals surface area (Å²) in [6.07, 6.45) is 2.10. The Bertz CT molecular complexity index is 427. The maximum Gasteiger partial charge on any atom is 0.327 e. The number of carbonyl (C=O) groups is 3. The predicted molar refractivity (Wildman–Crippen MR) is 74.0 cm³/mol. The van der Waals surface area contributed by atoms with Crippen LogP contribution in [0.3, 0.4) is 0 Å². The summed E-state index contributed by atoms with van der Waals surface area (Å²) in [5.74, 6) is -0.685. The topological polar surface area (TPSA) is 113 Å². The molecule has 3 atom stereocenters. The smallest absolute Gasteiger partial charge is 0.327 e. The minimum absolute atomic E-state index is 0.0402. The van der Waals surface area contributed by atoms with Crippen molar-refractivity contribution in [3.63, 3.8) is 0 Å². The van der Waals surface area contributed by atoms with Gasteiger partial charge < -0.3 is 16.2 Å². The van der Waals surface area contributed by atoms with E-state index in [1.54, 1.807) is 6.92 Å². The van der Waals surface area contributed by atoms with Gasteiger partial charge in [-0.25, -0.2) is 9.59 Å². The third-order valence-electron chi connectivity index (χ3n) is 3.46. The Morgan fingerprint density at radius 3 is 2.60 bits per heavy atom. The average Bonchev–Trinajstić information content (AvgIpc) is 3.05. The highest BCUT2D eigenvalue weighted by atomic mass is 32.2. The lowest BCUT2D eigenvalue weighted by Gasteiger charge is -2.28. The molecule has 0 aromatic carbocycles. The van der Waals surface area contributed by atoms with Gasteiger partial charge in [0.15, 0.2) is 0 Å². The van der Waals surface area contributed by atoms with Gasteiger partial charge in [0.05, 0.1) is 5.37 Å². The summed E-state index contributed by atoms with van der Waals surface area (Å²) in [5.41, 5.74) is 5.08. The molecule has 1 aliphatic carbocycles. The molecule has 1 saturated carbocycles. The Balaban J connectivity index is 2.02. The van der Waals surface area contributed by atoms with Gasteiger partial charge in [0.1, 0.15) is 6.04 Å². The number of carboxylic acid groups (broad SMARTS) is 1. The number of urea groups is 1. The second-order valence-corrected chi connectivity index (χ2v) is 6.49. The summed E-state index contributed by atoms with van der Waals surface area (Å²) < 4.78 is 0. The van der Waals surface area contributed by atoms with Crippen LogP contribution in [-0.2, 0) is 9.59 Å². The molecule has 4 N–H and O–H groups in total. The van der Waals surface area contributed by atoms with Crippen molar-refractivity contribution < 1.29 is 19.5 Å². The summed E-state index contributed by atoms with van der Waals surface area (Å²) in [5, 5.41) is 11.8. The maximum atomic E-state index is 12.3. The third-order valence-corrected chi connectivity index (χ3v) is 4.92.